The fourth-order valence-corrected chi connectivity index (χ4v) is 1.47. The highest BCUT2D eigenvalue weighted by molar-refractivity contribution is 6.31. The van der Waals surface area contributed by atoms with Crippen LogP contribution in [0.25, 0.3) is 0 Å². The third-order valence-corrected chi connectivity index (χ3v) is 2.29. The lowest BCUT2D eigenvalue weighted by Crippen LogP contribution is -2.35. The number of halogens is 1. The van der Waals surface area contributed by atoms with E-state index in [1.807, 2.05) is 0 Å². The number of hydrogen-bond acceptors (Lipinski definition) is 4. The van der Waals surface area contributed by atoms with Crippen LogP contribution < -0.4 is 5.32 Å². The fraction of sp³-hybridized carbons (Fsp3) is 0.385. The molecule has 0 radical (unpaired) electrons. The van der Waals surface area contributed by atoms with Crippen LogP contribution in [0, 0.1) is 0 Å². The summed E-state index contributed by atoms with van der Waals surface area (Å²) >= 11 is 5.74. The number of benzene rings is 1. The van der Waals surface area contributed by atoms with Gasteiger partial charge in [0.15, 0.2) is 5.78 Å². The van der Waals surface area contributed by atoms with E-state index >= 15 is 0 Å². The van der Waals surface area contributed by atoms with E-state index in [0.717, 1.165) is 0 Å². The van der Waals surface area contributed by atoms with Crippen molar-refractivity contribution >= 4 is 23.5 Å². The van der Waals surface area contributed by atoms with Crippen LogP contribution in [0.2, 0.25) is 5.02 Å². The second-order valence-corrected chi connectivity index (χ2v) is 5.38. The molecular weight excluding hydrogens is 270 g/mol. The topological polar surface area (TPSA) is 75.6 Å². The minimum atomic E-state index is -0.692. The van der Waals surface area contributed by atoms with Gasteiger partial charge in [0.2, 0.25) is 0 Å². The zero-order valence-electron chi connectivity index (χ0n) is 11.0. The summed E-state index contributed by atoms with van der Waals surface area (Å²) in [5.74, 6) is -0.633. The van der Waals surface area contributed by atoms with Crippen LogP contribution in [-0.4, -0.2) is 29.1 Å². The van der Waals surface area contributed by atoms with E-state index in [1.54, 1.807) is 20.8 Å². The van der Waals surface area contributed by atoms with Gasteiger partial charge >= 0.3 is 6.09 Å². The van der Waals surface area contributed by atoms with E-state index in [-0.39, 0.29) is 17.9 Å². The normalized spacial score (nSPS) is 10.9. The van der Waals surface area contributed by atoms with E-state index < -0.39 is 17.5 Å². The summed E-state index contributed by atoms with van der Waals surface area (Å²) in [6.45, 7) is 4.88. The van der Waals surface area contributed by atoms with Crippen molar-refractivity contribution in [3.8, 4) is 5.75 Å². The van der Waals surface area contributed by atoms with Crippen LogP contribution in [0.1, 0.15) is 31.1 Å². The van der Waals surface area contributed by atoms with Crippen LogP contribution >= 0.6 is 11.6 Å². The number of carbonyl (C=O) groups excluding carboxylic acids is 2. The number of aromatic hydroxyl groups is 1. The smallest absolute Gasteiger partial charge is 0.408 e. The van der Waals surface area contributed by atoms with Crippen LogP contribution in [0.5, 0.6) is 5.75 Å². The summed E-state index contributed by atoms with van der Waals surface area (Å²) in [6.07, 6.45) is -0.692. The Hall–Kier alpha value is -1.75. The predicted octanol–water partition coefficient (Wildman–Crippen LogP) is 2.75. The monoisotopic (exact) mass is 285 g/mol. The Morgan fingerprint density at radius 1 is 1.37 bits per heavy atom. The number of alkyl carbamates (subject to hydrolysis) is 1. The van der Waals surface area contributed by atoms with Gasteiger partial charge in [-0.15, -0.1) is 0 Å². The van der Waals surface area contributed by atoms with Gasteiger partial charge in [-0.1, -0.05) is 11.6 Å². The quantitative estimate of drug-likeness (QED) is 0.837. The Morgan fingerprint density at radius 2 is 2.00 bits per heavy atom. The van der Waals surface area contributed by atoms with E-state index in [1.165, 1.54) is 18.2 Å². The van der Waals surface area contributed by atoms with Crippen molar-refractivity contribution in [1.29, 1.82) is 0 Å². The first-order valence-corrected chi connectivity index (χ1v) is 6.05. The SMILES string of the molecule is CC(C)(C)OC(=O)NCC(=O)c1cc(Cl)ccc1O. The molecule has 0 fully saturated rings. The first kappa shape index (κ1) is 15.3. The summed E-state index contributed by atoms with van der Waals surface area (Å²) in [7, 11) is 0. The molecular formula is C13H16ClNO4. The Kier molecular flexibility index (Phi) is 4.78. The van der Waals surface area contributed by atoms with Gasteiger partial charge in [0.05, 0.1) is 12.1 Å². The maximum Gasteiger partial charge on any atom is 0.408 e. The third kappa shape index (κ3) is 5.18. The Labute approximate surface area is 116 Å². The van der Waals surface area contributed by atoms with E-state index in [4.69, 9.17) is 16.3 Å². The average molecular weight is 286 g/mol. The molecule has 1 aromatic rings. The van der Waals surface area contributed by atoms with Gasteiger partial charge < -0.3 is 15.2 Å². The molecule has 1 aromatic carbocycles. The van der Waals surface area contributed by atoms with Gasteiger partial charge in [-0.05, 0) is 39.0 Å². The van der Waals surface area contributed by atoms with Gasteiger partial charge in [0, 0.05) is 5.02 Å². The maximum atomic E-state index is 11.8. The minimum Gasteiger partial charge on any atom is -0.507 e. The number of rotatable bonds is 3. The van der Waals surface area contributed by atoms with Gasteiger partial charge in [-0.3, -0.25) is 4.79 Å². The lowest BCUT2D eigenvalue weighted by atomic mass is 10.1. The van der Waals surface area contributed by atoms with Gasteiger partial charge in [0.25, 0.3) is 0 Å². The highest BCUT2D eigenvalue weighted by Crippen LogP contribution is 2.21. The highest BCUT2D eigenvalue weighted by Gasteiger charge is 2.18. The number of phenols is 1. The second kappa shape index (κ2) is 5.93. The summed E-state index contributed by atoms with van der Waals surface area (Å²) in [5.41, 5.74) is -0.575. The number of carbonyl (C=O) groups is 2. The Bertz CT molecular complexity index is 494. The zero-order chi connectivity index (χ0) is 14.6. The largest absolute Gasteiger partial charge is 0.507 e. The molecule has 104 valence electrons. The zero-order valence-corrected chi connectivity index (χ0v) is 11.7. The van der Waals surface area contributed by atoms with E-state index in [0.29, 0.717) is 5.02 Å². The molecule has 5 nitrogen and oxygen atoms in total. The number of ketones is 1. The molecule has 0 atom stereocenters. The Balaban J connectivity index is 2.61. The molecule has 0 aliphatic heterocycles. The molecule has 19 heavy (non-hydrogen) atoms. The molecule has 0 aliphatic carbocycles. The number of phenolic OH excluding ortho intramolecular Hbond substituents is 1. The maximum absolute atomic E-state index is 11.8. The van der Waals surface area contributed by atoms with Crippen molar-refractivity contribution in [1.82, 2.24) is 5.32 Å². The number of nitrogens with one attached hydrogen (secondary N) is 1. The molecule has 0 saturated heterocycles. The molecule has 0 unspecified atom stereocenters. The Morgan fingerprint density at radius 3 is 2.58 bits per heavy atom. The highest BCUT2D eigenvalue weighted by atomic mass is 35.5. The van der Waals surface area contributed by atoms with Crippen molar-refractivity contribution in [3.05, 3.63) is 28.8 Å². The first-order chi connectivity index (χ1) is 8.69. The summed E-state index contributed by atoms with van der Waals surface area (Å²) in [6, 6.07) is 4.13. The number of hydrogen-bond donors (Lipinski definition) is 2. The molecule has 0 spiro atoms. The predicted molar refractivity (Wildman–Crippen MR) is 71.7 cm³/mol. The summed E-state index contributed by atoms with van der Waals surface area (Å²) < 4.78 is 4.99. The second-order valence-electron chi connectivity index (χ2n) is 4.94. The molecule has 0 aromatic heterocycles. The standard InChI is InChI=1S/C13H16ClNO4/c1-13(2,3)19-12(18)15-7-11(17)9-6-8(14)4-5-10(9)16/h4-6,16H,7H2,1-3H3,(H,15,18). The van der Waals surface area contributed by atoms with Crippen molar-refractivity contribution in [3.63, 3.8) is 0 Å². The summed E-state index contributed by atoms with van der Waals surface area (Å²) in [4.78, 5) is 23.2. The van der Waals surface area contributed by atoms with Crippen LogP contribution in [0.4, 0.5) is 4.79 Å². The average Bonchev–Trinajstić information content (AvgIpc) is 2.27. The molecule has 2 N–H and O–H groups in total. The van der Waals surface area contributed by atoms with Crippen molar-refractivity contribution in [2.45, 2.75) is 26.4 Å². The van der Waals surface area contributed by atoms with E-state index in [9.17, 15) is 14.7 Å². The molecule has 0 saturated carbocycles. The van der Waals surface area contributed by atoms with Gasteiger partial charge in [0.1, 0.15) is 11.4 Å². The van der Waals surface area contributed by atoms with Gasteiger partial charge in [-0.25, -0.2) is 4.79 Å². The van der Waals surface area contributed by atoms with Crippen LogP contribution in [-0.2, 0) is 4.74 Å². The molecule has 0 heterocycles. The number of Topliss-reactive ketones (excluding diaryl/α,β-unsaturated/α-hetero) is 1. The van der Waals surface area contributed by atoms with Crippen molar-refractivity contribution < 1.29 is 19.4 Å². The minimum absolute atomic E-state index is 0.0589. The fourth-order valence-electron chi connectivity index (χ4n) is 1.29. The lowest BCUT2D eigenvalue weighted by molar-refractivity contribution is 0.0520. The van der Waals surface area contributed by atoms with Crippen molar-refractivity contribution in [2.24, 2.45) is 0 Å². The summed E-state index contributed by atoms with van der Waals surface area (Å²) in [5, 5.41) is 12.2. The molecule has 1 amide bonds. The molecule has 1 rings (SSSR count). The van der Waals surface area contributed by atoms with E-state index in [2.05, 4.69) is 5.32 Å². The van der Waals surface area contributed by atoms with Crippen LogP contribution in [0.15, 0.2) is 18.2 Å². The molecule has 6 heteroatoms. The van der Waals surface area contributed by atoms with Crippen LogP contribution in [0.3, 0.4) is 0 Å². The number of amides is 1. The third-order valence-electron chi connectivity index (χ3n) is 2.05. The first-order valence-electron chi connectivity index (χ1n) is 5.67. The number of ether oxygens (including phenoxy) is 1. The van der Waals surface area contributed by atoms with Crippen molar-refractivity contribution in [2.75, 3.05) is 6.54 Å². The lowest BCUT2D eigenvalue weighted by Gasteiger charge is -2.19. The van der Waals surface area contributed by atoms with Gasteiger partial charge in [-0.2, -0.15) is 0 Å². The molecule has 0 bridgehead atoms. The molecule has 0 aliphatic rings.